The lowest BCUT2D eigenvalue weighted by atomic mass is 10.1. The lowest BCUT2D eigenvalue weighted by molar-refractivity contribution is 0.101. The number of aromatic nitrogens is 1. The molecule has 0 N–H and O–H groups in total. The zero-order chi connectivity index (χ0) is 13.8. The Morgan fingerprint density at radius 1 is 1.42 bits per heavy atom. The van der Waals surface area contributed by atoms with Crippen molar-refractivity contribution in [1.82, 2.24) is 4.57 Å². The van der Waals surface area contributed by atoms with Crippen molar-refractivity contribution in [3.8, 4) is 0 Å². The first kappa shape index (κ1) is 13.5. The summed E-state index contributed by atoms with van der Waals surface area (Å²) in [4.78, 5) is 22.5. The molecular formula is C15H17NO3. The smallest absolute Gasteiger partial charge is 0.161 e. The molecule has 0 bridgehead atoms. The first-order chi connectivity index (χ1) is 9.17. The fourth-order valence-corrected chi connectivity index (χ4v) is 2.23. The molecule has 0 saturated carbocycles. The van der Waals surface area contributed by atoms with Gasteiger partial charge in [-0.05, 0) is 19.4 Å². The summed E-state index contributed by atoms with van der Waals surface area (Å²) < 4.78 is 7.05. The molecule has 2 rings (SSSR count). The summed E-state index contributed by atoms with van der Waals surface area (Å²) in [5.41, 5.74) is 2.24. The number of carbonyl (C=O) groups excluding carboxylic acids is 2. The fourth-order valence-electron chi connectivity index (χ4n) is 2.23. The second-order valence-electron chi connectivity index (χ2n) is 4.53. The Morgan fingerprint density at radius 2 is 2.21 bits per heavy atom. The zero-order valence-electron chi connectivity index (χ0n) is 11.2. The minimum Gasteiger partial charge on any atom is -0.385 e. The minimum atomic E-state index is 0.0364. The third-order valence-electron chi connectivity index (χ3n) is 3.17. The molecule has 0 amide bonds. The maximum atomic E-state index is 11.6. The number of nitrogens with zero attached hydrogens (tertiary/aromatic N) is 1. The van der Waals surface area contributed by atoms with Crippen molar-refractivity contribution >= 4 is 23.0 Å². The van der Waals surface area contributed by atoms with Crippen LogP contribution in [0.3, 0.4) is 0 Å². The highest BCUT2D eigenvalue weighted by molar-refractivity contribution is 6.07. The number of ketones is 1. The molecule has 0 aliphatic carbocycles. The van der Waals surface area contributed by atoms with E-state index in [9.17, 15) is 9.59 Å². The molecule has 0 spiro atoms. The number of Topliss-reactive ketones (excluding diaryl/α,β-unsaturated/α-hetero) is 1. The third kappa shape index (κ3) is 2.74. The Labute approximate surface area is 112 Å². The second-order valence-corrected chi connectivity index (χ2v) is 4.53. The summed E-state index contributed by atoms with van der Waals surface area (Å²) in [5.74, 6) is 0.0364. The van der Waals surface area contributed by atoms with Gasteiger partial charge in [-0.2, -0.15) is 0 Å². The van der Waals surface area contributed by atoms with Gasteiger partial charge in [-0.3, -0.25) is 9.59 Å². The van der Waals surface area contributed by atoms with Crippen LogP contribution in [0.25, 0.3) is 10.9 Å². The standard InChI is InChI=1S/C15H17NO3/c1-11(18)14-9-16(6-3-7-19-2)15-8-12(10-17)4-5-13(14)15/h4-5,8-10H,3,6-7H2,1-2H3. The number of fused-ring (bicyclic) bond motifs is 1. The van der Waals surface area contributed by atoms with E-state index >= 15 is 0 Å². The number of methoxy groups -OCH3 is 1. The molecule has 0 radical (unpaired) electrons. The molecule has 1 aromatic carbocycles. The van der Waals surface area contributed by atoms with Gasteiger partial charge in [-0.25, -0.2) is 0 Å². The largest absolute Gasteiger partial charge is 0.385 e. The molecule has 2 aromatic rings. The summed E-state index contributed by atoms with van der Waals surface area (Å²) in [6.07, 6.45) is 3.54. The molecule has 0 aliphatic heterocycles. The Hall–Kier alpha value is -1.94. The molecule has 4 heteroatoms. The Balaban J connectivity index is 2.48. The van der Waals surface area contributed by atoms with Crippen LogP contribution in [0, 0.1) is 0 Å². The Bertz CT molecular complexity index is 613. The molecule has 0 unspecified atom stereocenters. The third-order valence-corrected chi connectivity index (χ3v) is 3.17. The van der Waals surface area contributed by atoms with E-state index in [1.165, 1.54) is 0 Å². The number of ether oxygens (including phenoxy) is 1. The molecule has 1 heterocycles. The zero-order valence-corrected chi connectivity index (χ0v) is 11.2. The minimum absolute atomic E-state index is 0.0364. The summed E-state index contributed by atoms with van der Waals surface area (Å²) in [6, 6.07) is 5.39. The molecule has 100 valence electrons. The highest BCUT2D eigenvalue weighted by Crippen LogP contribution is 2.23. The van der Waals surface area contributed by atoms with E-state index in [1.54, 1.807) is 20.1 Å². The van der Waals surface area contributed by atoms with Gasteiger partial charge in [0.1, 0.15) is 6.29 Å². The van der Waals surface area contributed by atoms with Crippen molar-refractivity contribution in [2.75, 3.05) is 13.7 Å². The van der Waals surface area contributed by atoms with E-state index in [2.05, 4.69) is 0 Å². The van der Waals surface area contributed by atoms with E-state index < -0.39 is 0 Å². The fraction of sp³-hybridized carbons (Fsp3) is 0.333. The van der Waals surface area contributed by atoms with Gasteiger partial charge in [0.25, 0.3) is 0 Å². The molecule has 1 aromatic heterocycles. The van der Waals surface area contributed by atoms with Crippen LogP contribution >= 0.6 is 0 Å². The van der Waals surface area contributed by atoms with E-state index in [0.29, 0.717) is 17.7 Å². The number of carbonyl (C=O) groups is 2. The molecule has 0 atom stereocenters. The molecular weight excluding hydrogens is 242 g/mol. The van der Waals surface area contributed by atoms with Crippen LogP contribution < -0.4 is 0 Å². The lowest BCUT2D eigenvalue weighted by Crippen LogP contribution is -2.00. The number of hydrogen-bond acceptors (Lipinski definition) is 3. The molecule has 0 aliphatic rings. The van der Waals surface area contributed by atoms with Crippen molar-refractivity contribution in [3.63, 3.8) is 0 Å². The van der Waals surface area contributed by atoms with Gasteiger partial charge in [-0.1, -0.05) is 12.1 Å². The average Bonchev–Trinajstić information content (AvgIpc) is 2.77. The second kappa shape index (κ2) is 5.80. The first-order valence-electron chi connectivity index (χ1n) is 6.25. The van der Waals surface area contributed by atoms with Gasteiger partial charge in [0.15, 0.2) is 5.78 Å². The predicted molar refractivity (Wildman–Crippen MR) is 73.8 cm³/mol. The number of benzene rings is 1. The van der Waals surface area contributed by atoms with E-state index in [4.69, 9.17) is 4.74 Å². The van der Waals surface area contributed by atoms with Crippen LogP contribution in [0.1, 0.15) is 34.1 Å². The van der Waals surface area contributed by atoms with Gasteiger partial charge in [-0.15, -0.1) is 0 Å². The van der Waals surface area contributed by atoms with Crippen molar-refractivity contribution in [1.29, 1.82) is 0 Å². The van der Waals surface area contributed by atoms with Crippen molar-refractivity contribution in [2.24, 2.45) is 0 Å². The van der Waals surface area contributed by atoms with Crippen LogP contribution in [-0.2, 0) is 11.3 Å². The van der Waals surface area contributed by atoms with Crippen LogP contribution in [0.4, 0.5) is 0 Å². The summed E-state index contributed by atoms with van der Waals surface area (Å²) >= 11 is 0. The number of hydrogen-bond donors (Lipinski definition) is 0. The topological polar surface area (TPSA) is 48.3 Å². The summed E-state index contributed by atoms with van der Waals surface area (Å²) in [7, 11) is 1.67. The maximum Gasteiger partial charge on any atom is 0.161 e. The first-order valence-corrected chi connectivity index (χ1v) is 6.25. The van der Waals surface area contributed by atoms with Crippen LogP contribution in [0.15, 0.2) is 24.4 Å². The predicted octanol–water partition coefficient (Wildman–Crippen LogP) is 2.69. The van der Waals surface area contributed by atoms with Crippen molar-refractivity contribution in [3.05, 3.63) is 35.5 Å². The number of aryl methyl sites for hydroxylation is 1. The monoisotopic (exact) mass is 259 g/mol. The molecule has 0 fully saturated rings. The van der Waals surface area contributed by atoms with Gasteiger partial charge >= 0.3 is 0 Å². The SMILES string of the molecule is COCCCn1cc(C(C)=O)c2ccc(C=O)cc21. The van der Waals surface area contributed by atoms with Crippen LogP contribution in [0.5, 0.6) is 0 Å². The van der Waals surface area contributed by atoms with Gasteiger partial charge in [0.05, 0.1) is 0 Å². The lowest BCUT2D eigenvalue weighted by Gasteiger charge is -2.04. The van der Waals surface area contributed by atoms with E-state index in [0.717, 1.165) is 30.2 Å². The molecule has 19 heavy (non-hydrogen) atoms. The Morgan fingerprint density at radius 3 is 2.84 bits per heavy atom. The highest BCUT2D eigenvalue weighted by atomic mass is 16.5. The van der Waals surface area contributed by atoms with E-state index in [-0.39, 0.29) is 5.78 Å². The number of aldehydes is 1. The Kier molecular flexibility index (Phi) is 4.12. The average molecular weight is 259 g/mol. The molecule has 4 nitrogen and oxygen atoms in total. The van der Waals surface area contributed by atoms with Crippen LogP contribution in [0.2, 0.25) is 0 Å². The van der Waals surface area contributed by atoms with Crippen molar-refractivity contribution in [2.45, 2.75) is 19.9 Å². The quantitative estimate of drug-likeness (QED) is 0.455. The maximum absolute atomic E-state index is 11.6. The number of rotatable bonds is 6. The van der Waals surface area contributed by atoms with Gasteiger partial charge in [0.2, 0.25) is 0 Å². The van der Waals surface area contributed by atoms with Gasteiger partial charge in [0, 0.05) is 48.5 Å². The summed E-state index contributed by atoms with van der Waals surface area (Å²) in [6.45, 7) is 2.99. The molecule has 0 saturated heterocycles. The van der Waals surface area contributed by atoms with Crippen molar-refractivity contribution < 1.29 is 14.3 Å². The van der Waals surface area contributed by atoms with Gasteiger partial charge < -0.3 is 9.30 Å². The highest BCUT2D eigenvalue weighted by Gasteiger charge is 2.12. The van der Waals surface area contributed by atoms with E-state index in [1.807, 2.05) is 22.9 Å². The normalized spacial score (nSPS) is 10.8. The van der Waals surface area contributed by atoms with Crippen LogP contribution in [-0.4, -0.2) is 30.4 Å². The summed E-state index contributed by atoms with van der Waals surface area (Å²) in [5, 5.41) is 0.899.